The quantitative estimate of drug-likeness (QED) is 0.859. The molecular formula is C9H12BrNO2S. The van der Waals surface area contributed by atoms with Crippen LogP contribution in [-0.2, 0) is 9.53 Å². The van der Waals surface area contributed by atoms with Crippen LogP contribution in [0.3, 0.4) is 0 Å². The van der Waals surface area contributed by atoms with Crippen molar-refractivity contribution in [2.24, 2.45) is 0 Å². The summed E-state index contributed by atoms with van der Waals surface area (Å²) in [7, 11) is 1.38. The Morgan fingerprint density at radius 3 is 3.00 bits per heavy atom. The summed E-state index contributed by atoms with van der Waals surface area (Å²) in [5.41, 5.74) is 0. The lowest BCUT2D eigenvalue weighted by atomic mass is 10.3. The molecule has 0 saturated heterocycles. The van der Waals surface area contributed by atoms with Gasteiger partial charge < -0.3 is 4.74 Å². The monoisotopic (exact) mass is 277 g/mol. The van der Waals surface area contributed by atoms with Crippen LogP contribution in [0, 0.1) is 0 Å². The maximum atomic E-state index is 10.9. The van der Waals surface area contributed by atoms with Gasteiger partial charge in [0.15, 0.2) is 0 Å². The standard InChI is InChI=1S/C9H12BrNO2S/c1-6(11-5-8(12)13-2)9-7(10)3-4-14-9/h3-4,6,11H,5H2,1-2H3. The van der Waals surface area contributed by atoms with Gasteiger partial charge in [-0.05, 0) is 34.3 Å². The summed E-state index contributed by atoms with van der Waals surface area (Å²) in [6.45, 7) is 2.25. The fraction of sp³-hybridized carbons (Fsp3) is 0.444. The normalized spacial score (nSPS) is 12.5. The zero-order valence-electron chi connectivity index (χ0n) is 8.04. The van der Waals surface area contributed by atoms with Crippen LogP contribution in [0.25, 0.3) is 0 Å². The highest BCUT2D eigenvalue weighted by Crippen LogP contribution is 2.28. The van der Waals surface area contributed by atoms with Crippen molar-refractivity contribution in [1.82, 2.24) is 5.32 Å². The number of carbonyl (C=O) groups excluding carboxylic acids is 1. The Balaban J connectivity index is 2.47. The molecule has 0 aliphatic heterocycles. The van der Waals surface area contributed by atoms with E-state index in [0.717, 1.165) is 4.47 Å². The third kappa shape index (κ3) is 3.08. The summed E-state index contributed by atoms with van der Waals surface area (Å²) in [5, 5.41) is 5.09. The van der Waals surface area contributed by atoms with Gasteiger partial charge in [0.2, 0.25) is 0 Å². The largest absolute Gasteiger partial charge is 0.468 e. The van der Waals surface area contributed by atoms with Gasteiger partial charge in [0.25, 0.3) is 0 Å². The number of ether oxygens (including phenoxy) is 1. The van der Waals surface area contributed by atoms with Crippen molar-refractivity contribution in [2.45, 2.75) is 13.0 Å². The van der Waals surface area contributed by atoms with E-state index >= 15 is 0 Å². The van der Waals surface area contributed by atoms with Crippen LogP contribution in [-0.4, -0.2) is 19.6 Å². The summed E-state index contributed by atoms with van der Waals surface area (Å²) >= 11 is 5.10. The summed E-state index contributed by atoms with van der Waals surface area (Å²) in [6, 6.07) is 2.15. The fourth-order valence-corrected chi connectivity index (χ4v) is 2.77. The van der Waals surface area contributed by atoms with Gasteiger partial charge in [0, 0.05) is 15.4 Å². The molecule has 0 bridgehead atoms. The minimum atomic E-state index is -0.246. The van der Waals surface area contributed by atoms with Gasteiger partial charge in [-0.1, -0.05) is 0 Å². The van der Waals surface area contributed by atoms with Crippen molar-refractivity contribution >= 4 is 33.2 Å². The molecular weight excluding hydrogens is 266 g/mol. The van der Waals surface area contributed by atoms with E-state index in [-0.39, 0.29) is 18.6 Å². The average Bonchev–Trinajstić information content (AvgIpc) is 2.60. The molecule has 1 aromatic heterocycles. The number of thiophene rings is 1. The van der Waals surface area contributed by atoms with Crippen LogP contribution >= 0.6 is 27.3 Å². The van der Waals surface area contributed by atoms with Crippen LogP contribution < -0.4 is 5.32 Å². The molecule has 5 heteroatoms. The molecule has 0 spiro atoms. The predicted octanol–water partition coefficient (Wildman–Crippen LogP) is 2.33. The Labute approximate surface area is 95.6 Å². The number of nitrogens with one attached hydrogen (secondary N) is 1. The third-order valence-corrected chi connectivity index (χ3v) is 3.87. The van der Waals surface area contributed by atoms with Gasteiger partial charge in [0.1, 0.15) is 0 Å². The maximum absolute atomic E-state index is 10.9. The summed E-state index contributed by atoms with van der Waals surface area (Å²) in [4.78, 5) is 12.1. The molecule has 1 rings (SSSR count). The second-order valence-corrected chi connectivity index (χ2v) is 4.61. The topological polar surface area (TPSA) is 38.3 Å². The fourth-order valence-electron chi connectivity index (χ4n) is 1.02. The lowest BCUT2D eigenvalue weighted by Gasteiger charge is -2.11. The van der Waals surface area contributed by atoms with Crippen LogP contribution in [0.4, 0.5) is 0 Å². The first-order valence-electron chi connectivity index (χ1n) is 4.18. The van der Waals surface area contributed by atoms with Gasteiger partial charge in [-0.15, -0.1) is 11.3 Å². The second-order valence-electron chi connectivity index (χ2n) is 2.81. The Hall–Kier alpha value is -0.390. The number of rotatable bonds is 4. The maximum Gasteiger partial charge on any atom is 0.319 e. The van der Waals surface area contributed by atoms with Crippen molar-refractivity contribution in [1.29, 1.82) is 0 Å². The first-order chi connectivity index (χ1) is 6.65. The van der Waals surface area contributed by atoms with Gasteiger partial charge in [0.05, 0.1) is 13.7 Å². The van der Waals surface area contributed by atoms with E-state index in [2.05, 4.69) is 26.0 Å². The van der Waals surface area contributed by atoms with Crippen LogP contribution in [0.15, 0.2) is 15.9 Å². The summed E-state index contributed by atoms with van der Waals surface area (Å²) < 4.78 is 5.61. The molecule has 1 heterocycles. The van der Waals surface area contributed by atoms with Crippen molar-refractivity contribution in [3.63, 3.8) is 0 Å². The molecule has 78 valence electrons. The highest BCUT2D eigenvalue weighted by molar-refractivity contribution is 9.10. The van der Waals surface area contributed by atoms with E-state index in [1.807, 2.05) is 18.4 Å². The molecule has 0 aromatic carbocycles. The molecule has 3 nitrogen and oxygen atoms in total. The Bertz CT molecular complexity index is 314. The van der Waals surface area contributed by atoms with E-state index < -0.39 is 0 Å². The summed E-state index contributed by atoms with van der Waals surface area (Å²) in [6.07, 6.45) is 0. The van der Waals surface area contributed by atoms with Gasteiger partial charge in [-0.2, -0.15) is 0 Å². The van der Waals surface area contributed by atoms with E-state index in [4.69, 9.17) is 0 Å². The van der Waals surface area contributed by atoms with E-state index in [0.29, 0.717) is 0 Å². The predicted molar refractivity (Wildman–Crippen MR) is 60.5 cm³/mol. The highest BCUT2D eigenvalue weighted by Gasteiger charge is 2.11. The number of hydrogen-bond acceptors (Lipinski definition) is 4. The zero-order chi connectivity index (χ0) is 10.6. The van der Waals surface area contributed by atoms with Crippen LogP contribution in [0.5, 0.6) is 0 Å². The van der Waals surface area contributed by atoms with Crippen molar-refractivity contribution < 1.29 is 9.53 Å². The van der Waals surface area contributed by atoms with Gasteiger partial charge >= 0.3 is 5.97 Å². The van der Waals surface area contributed by atoms with Crippen molar-refractivity contribution in [3.8, 4) is 0 Å². The molecule has 1 unspecified atom stereocenters. The minimum absolute atomic E-state index is 0.156. The van der Waals surface area contributed by atoms with Crippen molar-refractivity contribution in [3.05, 3.63) is 20.8 Å². The number of hydrogen-bond donors (Lipinski definition) is 1. The van der Waals surface area contributed by atoms with Crippen LogP contribution in [0.2, 0.25) is 0 Å². The molecule has 1 aromatic rings. The average molecular weight is 278 g/mol. The first kappa shape index (κ1) is 11.7. The van der Waals surface area contributed by atoms with Crippen molar-refractivity contribution in [2.75, 3.05) is 13.7 Å². The Morgan fingerprint density at radius 2 is 2.50 bits per heavy atom. The van der Waals surface area contributed by atoms with Gasteiger partial charge in [-0.25, -0.2) is 0 Å². The number of carbonyl (C=O) groups is 1. The minimum Gasteiger partial charge on any atom is -0.468 e. The lowest BCUT2D eigenvalue weighted by molar-refractivity contribution is -0.139. The van der Waals surface area contributed by atoms with Crippen LogP contribution in [0.1, 0.15) is 17.8 Å². The molecule has 0 amide bonds. The molecule has 14 heavy (non-hydrogen) atoms. The smallest absolute Gasteiger partial charge is 0.319 e. The van der Waals surface area contributed by atoms with E-state index in [1.54, 1.807) is 11.3 Å². The van der Waals surface area contributed by atoms with E-state index in [1.165, 1.54) is 12.0 Å². The molecule has 0 aliphatic rings. The lowest BCUT2D eigenvalue weighted by Crippen LogP contribution is -2.26. The first-order valence-corrected chi connectivity index (χ1v) is 5.85. The molecule has 0 radical (unpaired) electrons. The number of methoxy groups -OCH3 is 1. The van der Waals surface area contributed by atoms with Gasteiger partial charge in [-0.3, -0.25) is 10.1 Å². The Kier molecular flexibility index (Phi) is 4.57. The third-order valence-electron chi connectivity index (χ3n) is 1.82. The Morgan fingerprint density at radius 1 is 1.79 bits per heavy atom. The zero-order valence-corrected chi connectivity index (χ0v) is 10.4. The molecule has 1 N–H and O–H groups in total. The number of halogens is 1. The number of esters is 1. The second kappa shape index (κ2) is 5.48. The molecule has 0 saturated carbocycles. The summed E-state index contributed by atoms with van der Waals surface area (Å²) in [5.74, 6) is -0.246. The molecule has 0 aliphatic carbocycles. The molecule has 0 fully saturated rings. The molecule has 1 atom stereocenters. The highest BCUT2D eigenvalue weighted by atomic mass is 79.9. The van der Waals surface area contributed by atoms with E-state index in [9.17, 15) is 4.79 Å². The SMILES string of the molecule is COC(=O)CNC(C)c1sccc1Br.